The molecule has 1 aliphatic carbocycles. The van der Waals surface area contributed by atoms with Crippen LogP contribution in [-0.2, 0) is 17.8 Å². The van der Waals surface area contributed by atoms with Crippen molar-refractivity contribution in [3.63, 3.8) is 0 Å². The third-order valence-corrected chi connectivity index (χ3v) is 4.67. The van der Waals surface area contributed by atoms with Crippen molar-refractivity contribution in [1.29, 1.82) is 0 Å². The Hall–Kier alpha value is -1.35. The van der Waals surface area contributed by atoms with Crippen LogP contribution < -0.4 is 10.0 Å². The monoisotopic (exact) mass is 289 g/mol. The summed E-state index contributed by atoms with van der Waals surface area (Å²) in [7, 11) is 0. The van der Waals surface area contributed by atoms with Crippen LogP contribution in [0.25, 0.3) is 0 Å². The number of aryl methyl sites for hydroxylation is 1. The summed E-state index contributed by atoms with van der Waals surface area (Å²) in [6.07, 6.45) is 8.39. The average Bonchev–Trinajstić information content (AvgIpc) is 2.76. The number of carboxylic acids is 1. The standard InChI is InChI=1S/C18H27NO2/c1-2-15-9-11-16(12-10-15)13-19(14-18(20)21)17-7-5-3-4-6-8-17/h9-12,17H,2-8,13-14H2,1H3,(H,20,21). The van der Waals surface area contributed by atoms with Gasteiger partial charge in [-0.3, -0.25) is 0 Å². The summed E-state index contributed by atoms with van der Waals surface area (Å²) in [4.78, 5) is 12.3. The van der Waals surface area contributed by atoms with Gasteiger partial charge >= 0.3 is 0 Å². The van der Waals surface area contributed by atoms with E-state index < -0.39 is 5.97 Å². The van der Waals surface area contributed by atoms with E-state index in [0.29, 0.717) is 6.04 Å². The van der Waals surface area contributed by atoms with Gasteiger partial charge in [0.2, 0.25) is 0 Å². The summed E-state index contributed by atoms with van der Waals surface area (Å²) >= 11 is 0. The Morgan fingerprint density at radius 1 is 1.10 bits per heavy atom. The molecule has 3 heteroatoms. The Kier molecular flexibility index (Phi) is 6.24. The molecule has 1 unspecified atom stereocenters. The first-order valence-electron chi connectivity index (χ1n) is 8.31. The van der Waals surface area contributed by atoms with Crippen molar-refractivity contribution < 1.29 is 14.8 Å². The van der Waals surface area contributed by atoms with Gasteiger partial charge in [-0.1, -0.05) is 44.0 Å². The highest BCUT2D eigenvalue weighted by molar-refractivity contribution is 5.65. The van der Waals surface area contributed by atoms with Crippen LogP contribution in [0.4, 0.5) is 0 Å². The first-order valence-corrected chi connectivity index (χ1v) is 8.31. The summed E-state index contributed by atoms with van der Waals surface area (Å²) in [6, 6.07) is 9.06. The van der Waals surface area contributed by atoms with Crippen molar-refractivity contribution >= 4 is 5.97 Å². The number of benzene rings is 1. The molecule has 2 rings (SSSR count). The Balaban J connectivity index is 2.05. The van der Waals surface area contributed by atoms with E-state index in [1.54, 1.807) is 0 Å². The van der Waals surface area contributed by atoms with E-state index in [2.05, 4.69) is 31.2 Å². The number of rotatable bonds is 6. The van der Waals surface area contributed by atoms with Crippen LogP contribution in [0.5, 0.6) is 0 Å². The zero-order valence-electron chi connectivity index (χ0n) is 13.1. The maximum Gasteiger partial charge on any atom is 0.118 e. The molecule has 1 aromatic carbocycles. The number of nitrogens with one attached hydrogen (secondary N) is 1. The van der Waals surface area contributed by atoms with Gasteiger partial charge in [0.15, 0.2) is 0 Å². The van der Waals surface area contributed by atoms with Crippen LogP contribution in [0.3, 0.4) is 0 Å². The minimum atomic E-state index is -0.931. The molecule has 1 N–H and O–H groups in total. The molecule has 0 aromatic heterocycles. The van der Waals surface area contributed by atoms with Crippen LogP contribution in [0, 0.1) is 0 Å². The van der Waals surface area contributed by atoms with E-state index in [0.717, 1.165) is 25.8 Å². The second-order valence-corrected chi connectivity index (χ2v) is 6.24. The van der Waals surface area contributed by atoms with Gasteiger partial charge in [-0.15, -0.1) is 0 Å². The van der Waals surface area contributed by atoms with Crippen molar-refractivity contribution in [2.75, 3.05) is 6.54 Å². The van der Waals surface area contributed by atoms with E-state index >= 15 is 0 Å². The third-order valence-electron chi connectivity index (χ3n) is 4.67. The molecular weight excluding hydrogens is 262 g/mol. The predicted molar refractivity (Wildman–Crippen MR) is 81.9 cm³/mol. The zero-order chi connectivity index (χ0) is 15.1. The molecule has 1 aromatic rings. The molecular formula is C18H27NO2. The second kappa shape index (κ2) is 8.18. The summed E-state index contributed by atoms with van der Waals surface area (Å²) < 4.78 is 0. The van der Waals surface area contributed by atoms with Gasteiger partial charge in [-0.2, -0.15) is 0 Å². The number of hydrogen-bond acceptors (Lipinski definition) is 2. The van der Waals surface area contributed by atoms with Gasteiger partial charge in [0.25, 0.3) is 0 Å². The molecule has 0 bridgehead atoms. The average molecular weight is 289 g/mol. The normalized spacial score (nSPS) is 18.1. The lowest BCUT2D eigenvalue weighted by Crippen LogP contribution is -3.15. The fraction of sp³-hybridized carbons (Fsp3) is 0.611. The molecule has 21 heavy (non-hydrogen) atoms. The van der Waals surface area contributed by atoms with Crippen LogP contribution in [-0.4, -0.2) is 18.6 Å². The van der Waals surface area contributed by atoms with Crippen molar-refractivity contribution in [2.45, 2.75) is 64.5 Å². The molecule has 0 amide bonds. The number of carboxylic acid groups (broad SMARTS) is 1. The van der Waals surface area contributed by atoms with Crippen LogP contribution >= 0.6 is 0 Å². The Morgan fingerprint density at radius 3 is 2.19 bits per heavy atom. The quantitative estimate of drug-likeness (QED) is 0.797. The van der Waals surface area contributed by atoms with Crippen molar-refractivity contribution in [1.82, 2.24) is 0 Å². The van der Waals surface area contributed by atoms with E-state index in [1.165, 1.54) is 41.7 Å². The summed E-state index contributed by atoms with van der Waals surface area (Å²) in [6.45, 7) is 3.07. The van der Waals surface area contributed by atoms with E-state index in [-0.39, 0.29) is 6.54 Å². The van der Waals surface area contributed by atoms with Gasteiger partial charge in [0, 0.05) is 5.56 Å². The van der Waals surface area contributed by atoms with E-state index in [9.17, 15) is 9.90 Å². The molecule has 116 valence electrons. The number of hydrogen-bond donors (Lipinski definition) is 1. The summed E-state index contributed by atoms with van der Waals surface area (Å²) in [5, 5.41) is 11.1. The van der Waals surface area contributed by atoms with E-state index in [4.69, 9.17) is 0 Å². The van der Waals surface area contributed by atoms with Gasteiger partial charge in [0.1, 0.15) is 13.1 Å². The molecule has 1 fully saturated rings. The van der Waals surface area contributed by atoms with Crippen molar-refractivity contribution in [3.8, 4) is 0 Å². The number of carbonyl (C=O) groups is 1. The summed E-state index contributed by atoms with van der Waals surface area (Å²) in [5.41, 5.74) is 2.56. The predicted octanol–water partition coefficient (Wildman–Crippen LogP) is 1.11. The fourth-order valence-corrected chi connectivity index (χ4v) is 3.38. The zero-order valence-corrected chi connectivity index (χ0v) is 13.1. The second-order valence-electron chi connectivity index (χ2n) is 6.24. The maximum atomic E-state index is 11.1. The molecule has 0 radical (unpaired) electrons. The molecule has 0 heterocycles. The molecule has 1 atom stereocenters. The number of quaternary nitrogens is 1. The lowest BCUT2D eigenvalue weighted by atomic mass is 10.0. The minimum Gasteiger partial charge on any atom is -0.544 e. The molecule has 1 aliphatic rings. The smallest absolute Gasteiger partial charge is 0.118 e. The van der Waals surface area contributed by atoms with Crippen LogP contribution in [0.2, 0.25) is 0 Å². The third kappa shape index (κ3) is 5.16. The first kappa shape index (κ1) is 16.0. The summed E-state index contributed by atoms with van der Waals surface area (Å²) in [5.74, 6) is -0.931. The van der Waals surface area contributed by atoms with Gasteiger partial charge in [-0.25, -0.2) is 0 Å². The highest BCUT2D eigenvalue weighted by Crippen LogP contribution is 2.16. The topological polar surface area (TPSA) is 44.6 Å². The van der Waals surface area contributed by atoms with E-state index in [1.807, 2.05) is 0 Å². The number of carbonyl (C=O) groups excluding carboxylic acids is 1. The fourth-order valence-electron chi connectivity index (χ4n) is 3.38. The Bertz CT molecular complexity index is 433. The van der Waals surface area contributed by atoms with Gasteiger partial charge < -0.3 is 14.8 Å². The van der Waals surface area contributed by atoms with Crippen LogP contribution in [0.15, 0.2) is 24.3 Å². The minimum absolute atomic E-state index is 0.125. The van der Waals surface area contributed by atoms with Crippen molar-refractivity contribution in [3.05, 3.63) is 35.4 Å². The molecule has 0 spiro atoms. The first-order chi connectivity index (χ1) is 10.2. The highest BCUT2D eigenvalue weighted by Gasteiger charge is 2.23. The molecule has 0 aliphatic heterocycles. The maximum absolute atomic E-state index is 11.1. The largest absolute Gasteiger partial charge is 0.544 e. The SMILES string of the molecule is CCc1ccc(C[NH+](CC(=O)[O-])C2CCCCCC2)cc1. The Labute approximate surface area is 128 Å². The highest BCUT2D eigenvalue weighted by atomic mass is 16.4. The molecule has 3 nitrogen and oxygen atoms in total. The van der Waals surface area contributed by atoms with Crippen LogP contribution in [0.1, 0.15) is 56.6 Å². The number of aliphatic carboxylic acids is 1. The molecule has 0 saturated heterocycles. The lowest BCUT2D eigenvalue weighted by Gasteiger charge is -2.28. The van der Waals surface area contributed by atoms with Gasteiger partial charge in [0.05, 0.1) is 12.0 Å². The Morgan fingerprint density at radius 2 is 1.67 bits per heavy atom. The van der Waals surface area contributed by atoms with Gasteiger partial charge in [-0.05, 0) is 37.7 Å². The lowest BCUT2D eigenvalue weighted by molar-refractivity contribution is -0.934. The molecule has 1 saturated carbocycles. The van der Waals surface area contributed by atoms with Crippen molar-refractivity contribution in [2.24, 2.45) is 0 Å².